The van der Waals surface area contributed by atoms with Crippen molar-refractivity contribution < 1.29 is 20.4 Å². The zero-order valence-corrected chi connectivity index (χ0v) is 18.6. The second-order valence-electron chi connectivity index (χ2n) is 5.53. The second-order valence-corrected chi connectivity index (χ2v) is 9.78. The average molecular weight is 498 g/mol. The van der Waals surface area contributed by atoms with Gasteiger partial charge in [0.15, 0.2) is 0 Å². The maximum atomic E-state index is 6.41. The van der Waals surface area contributed by atoms with E-state index in [1.807, 2.05) is 6.07 Å². The molecular formula is C20H18Cl2P2Pd. The fraction of sp³-hybridized carbons (Fsp3) is 0.100. The van der Waals surface area contributed by atoms with Crippen LogP contribution < -0.4 is 10.6 Å². The van der Waals surface area contributed by atoms with Gasteiger partial charge in [0.05, 0.1) is 10.0 Å². The summed E-state index contributed by atoms with van der Waals surface area (Å²) in [4.78, 5) is 0. The van der Waals surface area contributed by atoms with Crippen molar-refractivity contribution in [1.29, 1.82) is 0 Å². The molecule has 0 bridgehead atoms. The average Bonchev–Trinajstić information content (AvgIpc) is 2.61. The SMILES string of the molecule is Cc1c(C(Pc2ccccc2)Pc2ccccc2)ccc(Cl)c1Cl.[Pd]. The van der Waals surface area contributed by atoms with E-state index in [0.717, 1.165) is 5.56 Å². The Balaban J connectivity index is 0.00000225. The standard InChI is InChI=1S/C20H18Cl2P2.Pd/c1-14-17(12-13-18(21)19(14)22)20(23-15-8-4-2-5-9-15)24-16-10-6-3-7-11-16;/h2-13,20,23-24H,1H3;. The predicted molar refractivity (Wildman–Crippen MR) is 113 cm³/mol. The maximum absolute atomic E-state index is 6.41. The molecule has 0 saturated heterocycles. The summed E-state index contributed by atoms with van der Waals surface area (Å²) >= 11 is 12.6. The van der Waals surface area contributed by atoms with Crippen LogP contribution in [0.3, 0.4) is 0 Å². The van der Waals surface area contributed by atoms with Gasteiger partial charge in [-0.25, -0.2) is 0 Å². The minimum Gasteiger partial charge on any atom is -0.0827 e. The summed E-state index contributed by atoms with van der Waals surface area (Å²) in [5.74, 6) is 0. The third-order valence-electron chi connectivity index (χ3n) is 3.86. The molecule has 0 aliphatic carbocycles. The van der Waals surface area contributed by atoms with Gasteiger partial charge in [0, 0.05) is 25.8 Å². The Morgan fingerprint density at radius 3 is 1.68 bits per heavy atom. The van der Waals surface area contributed by atoms with Crippen LogP contribution in [0.25, 0.3) is 0 Å². The van der Waals surface area contributed by atoms with Crippen LogP contribution in [0.5, 0.6) is 0 Å². The molecule has 2 unspecified atom stereocenters. The van der Waals surface area contributed by atoms with Gasteiger partial charge in [0.25, 0.3) is 0 Å². The summed E-state index contributed by atoms with van der Waals surface area (Å²) in [5, 5.41) is 4.47. The largest absolute Gasteiger partial charge is 0.0827 e. The van der Waals surface area contributed by atoms with Crippen molar-refractivity contribution in [2.45, 2.75) is 12.3 Å². The molecule has 0 radical (unpaired) electrons. The summed E-state index contributed by atoms with van der Waals surface area (Å²) in [6.45, 7) is 2.07. The molecule has 0 N–H and O–H groups in total. The van der Waals surface area contributed by atoms with Crippen LogP contribution in [0, 0.1) is 6.92 Å². The van der Waals surface area contributed by atoms with E-state index < -0.39 is 0 Å². The summed E-state index contributed by atoms with van der Waals surface area (Å²) in [6.07, 6.45) is 0. The van der Waals surface area contributed by atoms with Gasteiger partial charge in [-0.05, 0) is 34.7 Å². The van der Waals surface area contributed by atoms with Crippen LogP contribution in [0.1, 0.15) is 16.5 Å². The molecule has 2 atom stereocenters. The molecule has 3 rings (SSSR count). The van der Waals surface area contributed by atoms with Crippen molar-refractivity contribution in [3.05, 3.63) is 94.0 Å². The molecule has 132 valence electrons. The molecule has 0 aliphatic rings. The Morgan fingerprint density at radius 2 is 1.20 bits per heavy atom. The molecular weight excluding hydrogens is 479 g/mol. The monoisotopic (exact) mass is 496 g/mol. The van der Waals surface area contributed by atoms with Crippen molar-refractivity contribution in [3.63, 3.8) is 0 Å². The molecule has 0 fully saturated rings. The normalized spacial score (nSPS) is 12.6. The maximum Gasteiger partial charge on any atom is 0.0624 e. The number of halogens is 2. The van der Waals surface area contributed by atoms with Crippen LogP contribution in [-0.2, 0) is 20.4 Å². The minimum atomic E-state index is 0. The molecule has 3 aromatic carbocycles. The molecule has 0 saturated carbocycles. The molecule has 0 nitrogen and oxygen atoms in total. The quantitative estimate of drug-likeness (QED) is 0.286. The van der Waals surface area contributed by atoms with Gasteiger partial charge in [-0.1, -0.05) is 107 Å². The van der Waals surface area contributed by atoms with E-state index in [-0.39, 0.29) is 20.4 Å². The van der Waals surface area contributed by atoms with Crippen LogP contribution in [-0.4, -0.2) is 0 Å². The molecule has 25 heavy (non-hydrogen) atoms. The second kappa shape index (κ2) is 10.2. The van der Waals surface area contributed by atoms with Crippen LogP contribution in [0.15, 0.2) is 72.8 Å². The Morgan fingerprint density at radius 1 is 0.720 bits per heavy atom. The van der Waals surface area contributed by atoms with Crippen molar-refractivity contribution in [2.75, 3.05) is 0 Å². The summed E-state index contributed by atoms with van der Waals surface area (Å²) in [6, 6.07) is 25.4. The van der Waals surface area contributed by atoms with Crippen LogP contribution in [0.2, 0.25) is 10.0 Å². The van der Waals surface area contributed by atoms with Crippen LogP contribution in [0.4, 0.5) is 0 Å². The topological polar surface area (TPSA) is 0 Å². The molecule has 0 aliphatic heterocycles. The first kappa shape index (κ1) is 21.1. The van der Waals surface area contributed by atoms with Crippen molar-refractivity contribution in [3.8, 4) is 0 Å². The Kier molecular flexibility index (Phi) is 8.59. The van der Waals surface area contributed by atoms with E-state index >= 15 is 0 Å². The van der Waals surface area contributed by atoms with Gasteiger partial charge in [0.1, 0.15) is 0 Å². The zero-order chi connectivity index (χ0) is 16.9. The van der Waals surface area contributed by atoms with E-state index in [4.69, 9.17) is 23.2 Å². The Labute approximate surface area is 176 Å². The van der Waals surface area contributed by atoms with Gasteiger partial charge in [0.2, 0.25) is 0 Å². The zero-order valence-electron chi connectivity index (χ0n) is 13.6. The first-order valence-electron chi connectivity index (χ1n) is 7.73. The molecule has 3 aromatic rings. The van der Waals surface area contributed by atoms with Gasteiger partial charge in [-0.2, -0.15) is 0 Å². The number of benzene rings is 3. The first-order chi connectivity index (χ1) is 11.6. The summed E-state index contributed by atoms with van der Waals surface area (Å²) < 4.78 is 0. The van der Waals surface area contributed by atoms with Crippen molar-refractivity contribution in [2.24, 2.45) is 0 Å². The smallest absolute Gasteiger partial charge is 0.0624 e. The van der Waals surface area contributed by atoms with Gasteiger partial charge in [-0.15, -0.1) is 0 Å². The Hall–Kier alpha value is -0.238. The van der Waals surface area contributed by atoms with Crippen molar-refractivity contribution in [1.82, 2.24) is 0 Å². The fourth-order valence-corrected chi connectivity index (χ4v) is 6.61. The van der Waals surface area contributed by atoms with Crippen molar-refractivity contribution >= 4 is 51.0 Å². The van der Waals surface area contributed by atoms with E-state index in [2.05, 4.69) is 73.7 Å². The van der Waals surface area contributed by atoms with E-state index in [1.54, 1.807) is 0 Å². The summed E-state index contributed by atoms with van der Waals surface area (Å²) in [5.41, 5.74) is 2.40. The molecule has 0 aromatic heterocycles. The predicted octanol–water partition coefficient (Wildman–Crippen LogP) is 6.31. The minimum absolute atomic E-state index is 0. The molecule has 5 heteroatoms. The van der Waals surface area contributed by atoms with Gasteiger partial charge in [-0.3, -0.25) is 0 Å². The van der Waals surface area contributed by atoms with E-state index in [9.17, 15) is 0 Å². The van der Waals surface area contributed by atoms with Gasteiger partial charge < -0.3 is 0 Å². The molecule has 0 heterocycles. The number of hydrogen-bond acceptors (Lipinski definition) is 0. The summed E-state index contributed by atoms with van der Waals surface area (Å²) in [7, 11) is 1.40. The Bertz CT molecular complexity index is 769. The van der Waals surface area contributed by atoms with Crippen LogP contribution >= 0.6 is 40.4 Å². The third-order valence-corrected chi connectivity index (χ3v) is 8.16. The molecule has 0 amide bonds. The number of rotatable bonds is 5. The third kappa shape index (κ3) is 5.62. The molecule has 0 spiro atoms. The number of hydrogen-bond donors (Lipinski definition) is 0. The van der Waals surface area contributed by atoms with E-state index in [1.165, 1.54) is 16.2 Å². The first-order valence-corrected chi connectivity index (χ1v) is 10.6. The van der Waals surface area contributed by atoms with Gasteiger partial charge >= 0.3 is 0 Å². The van der Waals surface area contributed by atoms with E-state index in [0.29, 0.717) is 32.6 Å². The fourth-order valence-electron chi connectivity index (χ4n) is 2.57.